The molecule has 0 saturated carbocycles. The van der Waals surface area contributed by atoms with E-state index in [0.717, 1.165) is 23.2 Å². The fourth-order valence-electron chi connectivity index (χ4n) is 3.16. The molecule has 0 spiro atoms. The molecule has 1 heterocycles. The normalized spacial score (nSPS) is 13.6. The molecule has 0 amide bonds. The van der Waals surface area contributed by atoms with Crippen LogP contribution in [0.5, 0.6) is 0 Å². The molecule has 0 bridgehead atoms. The molecule has 6 nitrogen and oxygen atoms in total. The molecular weight excluding hydrogens is 506 g/mol. The Hall–Kier alpha value is -1.88. The van der Waals surface area contributed by atoms with Crippen LogP contribution in [0.2, 0.25) is 0 Å². The van der Waals surface area contributed by atoms with Crippen molar-refractivity contribution in [1.82, 2.24) is 10.6 Å². The van der Waals surface area contributed by atoms with Crippen molar-refractivity contribution in [2.75, 3.05) is 30.2 Å². The summed E-state index contributed by atoms with van der Waals surface area (Å²) in [5.74, 6) is 0.179. The second-order valence-electron chi connectivity index (χ2n) is 6.70. The molecule has 0 radical (unpaired) electrons. The van der Waals surface area contributed by atoms with Gasteiger partial charge in [-0.15, -0.1) is 24.0 Å². The van der Waals surface area contributed by atoms with Gasteiger partial charge in [0.15, 0.2) is 5.96 Å². The lowest BCUT2D eigenvalue weighted by atomic mass is 10.1. The van der Waals surface area contributed by atoms with Crippen LogP contribution in [-0.2, 0) is 23.0 Å². The Morgan fingerprint density at radius 1 is 1.21 bits per heavy atom. The van der Waals surface area contributed by atoms with Crippen LogP contribution in [0.3, 0.4) is 0 Å². The predicted molar refractivity (Wildman–Crippen MR) is 126 cm³/mol. The van der Waals surface area contributed by atoms with Crippen molar-refractivity contribution in [3.05, 3.63) is 65.0 Å². The minimum Gasteiger partial charge on any atom is -0.355 e. The molecule has 158 valence electrons. The van der Waals surface area contributed by atoms with Crippen molar-refractivity contribution in [2.45, 2.75) is 19.9 Å². The monoisotopic (exact) mass is 532 g/mol. The summed E-state index contributed by atoms with van der Waals surface area (Å²) >= 11 is 0. The third-order valence-corrected chi connectivity index (χ3v) is 6.52. The number of halogens is 2. The third kappa shape index (κ3) is 5.81. The van der Waals surface area contributed by atoms with E-state index in [1.54, 1.807) is 20.0 Å². The summed E-state index contributed by atoms with van der Waals surface area (Å²) in [6.07, 6.45) is 0.735. The highest BCUT2D eigenvalue weighted by Gasteiger charge is 2.28. The molecule has 0 fully saturated rings. The summed E-state index contributed by atoms with van der Waals surface area (Å²) in [6.45, 7) is 2.81. The zero-order valence-corrected chi connectivity index (χ0v) is 19.6. The van der Waals surface area contributed by atoms with E-state index in [1.165, 1.54) is 10.4 Å². The summed E-state index contributed by atoms with van der Waals surface area (Å²) in [5, 5.41) is 6.08. The highest BCUT2D eigenvalue weighted by molar-refractivity contribution is 14.0. The van der Waals surface area contributed by atoms with Gasteiger partial charge in [-0.2, -0.15) is 0 Å². The molecule has 1 aliphatic rings. The molecule has 0 aromatic heterocycles. The maximum absolute atomic E-state index is 13.6. The van der Waals surface area contributed by atoms with Crippen LogP contribution in [0.1, 0.15) is 16.7 Å². The van der Waals surface area contributed by atoms with Gasteiger partial charge in [-0.25, -0.2) is 12.8 Å². The van der Waals surface area contributed by atoms with Crippen LogP contribution in [0.25, 0.3) is 0 Å². The maximum atomic E-state index is 13.6. The molecule has 2 aromatic carbocycles. The van der Waals surface area contributed by atoms with E-state index in [2.05, 4.69) is 15.6 Å². The lowest BCUT2D eigenvalue weighted by Gasteiger charge is -2.20. The average molecular weight is 532 g/mol. The second-order valence-corrected chi connectivity index (χ2v) is 8.72. The molecular formula is C20H26FIN4O2S. The third-order valence-electron chi connectivity index (χ3n) is 4.75. The van der Waals surface area contributed by atoms with Gasteiger partial charge in [0.1, 0.15) is 5.82 Å². The van der Waals surface area contributed by atoms with Crippen LogP contribution in [-0.4, -0.2) is 40.3 Å². The Labute approximate surface area is 188 Å². The second kappa shape index (κ2) is 10.2. The standard InChI is InChI=1S/C20H25FN4O2S.HI/c1-15-7-8-16(13-18(15)21)14-24-20(22-2)23-10-12-28(26,27)25-11-9-17-5-3-4-6-19(17)25;/h3-8,13H,9-12,14H2,1-2H3,(H2,22,23,24);1H. The van der Waals surface area contributed by atoms with Crippen LogP contribution in [0.15, 0.2) is 47.5 Å². The number of sulfonamides is 1. The Morgan fingerprint density at radius 3 is 2.69 bits per heavy atom. The van der Waals surface area contributed by atoms with E-state index in [9.17, 15) is 12.8 Å². The van der Waals surface area contributed by atoms with E-state index in [0.29, 0.717) is 24.6 Å². The lowest BCUT2D eigenvalue weighted by molar-refractivity contribution is 0.590. The van der Waals surface area contributed by atoms with Gasteiger partial charge >= 0.3 is 0 Å². The van der Waals surface area contributed by atoms with Gasteiger partial charge in [0.2, 0.25) is 10.0 Å². The molecule has 0 atom stereocenters. The number of guanidine groups is 1. The van der Waals surface area contributed by atoms with Gasteiger partial charge in [0.25, 0.3) is 0 Å². The molecule has 0 unspecified atom stereocenters. The Balaban J connectivity index is 0.00000300. The number of para-hydroxylation sites is 1. The van der Waals surface area contributed by atoms with E-state index in [-0.39, 0.29) is 42.1 Å². The molecule has 0 saturated heterocycles. The molecule has 3 rings (SSSR count). The number of nitrogens with one attached hydrogen (secondary N) is 2. The highest BCUT2D eigenvalue weighted by atomic mass is 127. The van der Waals surface area contributed by atoms with Gasteiger partial charge in [-0.05, 0) is 42.2 Å². The molecule has 29 heavy (non-hydrogen) atoms. The number of fused-ring (bicyclic) bond motifs is 1. The van der Waals surface area contributed by atoms with Crippen molar-refractivity contribution in [3.8, 4) is 0 Å². The van der Waals surface area contributed by atoms with Gasteiger partial charge < -0.3 is 10.6 Å². The number of nitrogens with zero attached hydrogens (tertiary/aromatic N) is 2. The number of anilines is 1. The molecule has 2 N–H and O–H groups in total. The smallest absolute Gasteiger partial charge is 0.236 e. The quantitative estimate of drug-likeness (QED) is 0.341. The van der Waals surface area contributed by atoms with Crippen LogP contribution < -0.4 is 14.9 Å². The minimum atomic E-state index is -3.42. The summed E-state index contributed by atoms with van der Waals surface area (Å²) in [7, 11) is -1.81. The number of rotatable bonds is 6. The van der Waals surface area contributed by atoms with Crippen LogP contribution in [0, 0.1) is 12.7 Å². The number of aryl methyl sites for hydroxylation is 1. The Morgan fingerprint density at radius 2 is 1.97 bits per heavy atom. The van der Waals surface area contributed by atoms with Crippen molar-refractivity contribution in [3.63, 3.8) is 0 Å². The first-order valence-electron chi connectivity index (χ1n) is 9.18. The van der Waals surface area contributed by atoms with Gasteiger partial charge in [0.05, 0.1) is 11.4 Å². The summed E-state index contributed by atoms with van der Waals surface area (Å²) < 4.78 is 40.5. The van der Waals surface area contributed by atoms with Crippen molar-refractivity contribution in [1.29, 1.82) is 0 Å². The highest BCUT2D eigenvalue weighted by Crippen LogP contribution is 2.29. The van der Waals surface area contributed by atoms with E-state index >= 15 is 0 Å². The maximum Gasteiger partial charge on any atom is 0.236 e. The van der Waals surface area contributed by atoms with E-state index < -0.39 is 10.0 Å². The fraction of sp³-hybridized carbons (Fsp3) is 0.350. The average Bonchev–Trinajstić information content (AvgIpc) is 3.12. The topological polar surface area (TPSA) is 73.8 Å². The summed E-state index contributed by atoms with van der Waals surface area (Å²) in [4.78, 5) is 4.09. The molecule has 1 aliphatic heterocycles. The van der Waals surface area contributed by atoms with Crippen molar-refractivity contribution in [2.24, 2.45) is 4.99 Å². The number of hydrogen-bond acceptors (Lipinski definition) is 3. The summed E-state index contributed by atoms with van der Waals surface area (Å²) in [5.41, 5.74) is 3.21. The number of aliphatic imine (C=N–C) groups is 1. The van der Waals surface area contributed by atoms with Gasteiger partial charge in [0, 0.05) is 26.7 Å². The van der Waals surface area contributed by atoms with Crippen molar-refractivity contribution < 1.29 is 12.8 Å². The van der Waals surface area contributed by atoms with Crippen molar-refractivity contribution >= 4 is 45.6 Å². The van der Waals surface area contributed by atoms with E-state index in [1.807, 2.05) is 30.3 Å². The number of benzene rings is 2. The Bertz CT molecular complexity index is 982. The first-order valence-corrected chi connectivity index (χ1v) is 10.8. The first kappa shape index (κ1) is 23.4. The molecule has 0 aliphatic carbocycles. The SMILES string of the molecule is CN=C(NCCS(=O)(=O)N1CCc2ccccc21)NCc1ccc(C)c(F)c1.I. The zero-order valence-electron chi connectivity index (χ0n) is 16.5. The Kier molecular flexibility index (Phi) is 8.26. The number of hydrogen-bond donors (Lipinski definition) is 2. The zero-order chi connectivity index (χ0) is 20.1. The van der Waals surface area contributed by atoms with Gasteiger partial charge in [-0.3, -0.25) is 9.30 Å². The molecule has 2 aromatic rings. The first-order chi connectivity index (χ1) is 13.4. The summed E-state index contributed by atoms with van der Waals surface area (Å²) in [6, 6.07) is 12.6. The van der Waals surface area contributed by atoms with Crippen LogP contribution in [0.4, 0.5) is 10.1 Å². The largest absolute Gasteiger partial charge is 0.355 e. The lowest BCUT2D eigenvalue weighted by Crippen LogP contribution is -2.41. The van der Waals surface area contributed by atoms with Crippen LogP contribution >= 0.6 is 24.0 Å². The predicted octanol–water partition coefficient (Wildman–Crippen LogP) is 2.81. The fourth-order valence-corrected chi connectivity index (χ4v) is 4.59. The molecule has 9 heteroatoms. The van der Waals surface area contributed by atoms with E-state index in [4.69, 9.17) is 0 Å². The van der Waals surface area contributed by atoms with Gasteiger partial charge in [-0.1, -0.05) is 30.3 Å². The minimum absolute atomic E-state index is 0.